The van der Waals surface area contributed by atoms with Gasteiger partial charge in [-0.05, 0) is 56.2 Å². The number of carbonyl (C=O) groups is 3. The number of hydrogen-bond acceptors (Lipinski definition) is 3. The number of carbonyl (C=O) groups excluding carboxylic acids is 3. The first-order valence-electron chi connectivity index (χ1n) is 12.1. The van der Waals surface area contributed by atoms with Crippen molar-refractivity contribution in [2.75, 3.05) is 13.1 Å². The molecule has 182 valence electrons. The van der Waals surface area contributed by atoms with E-state index in [9.17, 15) is 14.4 Å². The molecule has 3 rings (SSSR count). The summed E-state index contributed by atoms with van der Waals surface area (Å²) < 4.78 is 0. The first kappa shape index (κ1) is 25.8. The van der Waals surface area contributed by atoms with E-state index in [1.807, 2.05) is 49.1 Å². The Labute approximate surface area is 207 Å². The summed E-state index contributed by atoms with van der Waals surface area (Å²) in [6.07, 6.45) is 3.28. The summed E-state index contributed by atoms with van der Waals surface area (Å²) in [4.78, 5) is 40.6. The molecular formula is C27H34ClN3O3. The van der Waals surface area contributed by atoms with Crippen LogP contribution in [0.2, 0.25) is 5.02 Å². The summed E-state index contributed by atoms with van der Waals surface area (Å²) in [6, 6.07) is 16.1. The van der Waals surface area contributed by atoms with E-state index >= 15 is 0 Å². The molecule has 3 amide bonds. The van der Waals surface area contributed by atoms with E-state index in [1.54, 1.807) is 24.3 Å². The van der Waals surface area contributed by atoms with E-state index in [1.165, 1.54) is 0 Å². The molecule has 1 saturated heterocycles. The zero-order chi connectivity index (χ0) is 24.5. The first-order chi connectivity index (χ1) is 16.4. The van der Waals surface area contributed by atoms with Gasteiger partial charge in [-0.1, -0.05) is 61.0 Å². The van der Waals surface area contributed by atoms with Gasteiger partial charge in [0, 0.05) is 25.6 Å². The van der Waals surface area contributed by atoms with Crippen molar-refractivity contribution in [3.63, 3.8) is 0 Å². The molecule has 1 heterocycles. The largest absolute Gasteiger partial charge is 0.352 e. The topological polar surface area (TPSA) is 78.5 Å². The van der Waals surface area contributed by atoms with Crippen molar-refractivity contribution in [3.05, 3.63) is 70.7 Å². The van der Waals surface area contributed by atoms with Crippen molar-refractivity contribution in [1.29, 1.82) is 0 Å². The van der Waals surface area contributed by atoms with Crippen molar-refractivity contribution < 1.29 is 14.4 Å². The fourth-order valence-electron chi connectivity index (χ4n) is 4.23. The Morgan fingerprint density at radius 1 is 1.00 bits per heavy atom. The van der Waals surface area contributed by atoms with Crippen LogP contribution in [-0.2, 0) is 16.0 Å². The number of likely N-dealkylation sites (tertiary alicyclic amines) is 1. The molecule has 0 spiro atoms. The SMILES string of the molecule is CC[C@@H](C)NC(=O)[C@@H](NC(=O)c1ccccc1Cl)C1CCN(C(=O)CCc2ccccc2)CC1. The third kappa shape index (κ3) is 7.07. The monoisotopic (exact) mass is 483 g/mol. The number of nitrogens with zero attached hydrogens (tertiary/aromatic N) is 1. The number of nitrogens with one attached hydrogen (secondary N) is 2. The molecular weight excluding hydrogens is 450 g/mol. The Balaban J connectivity index is 1.62. The predicted octanol–water partition coefficient (Wildman–Crippen LogP) is 4.22. The number of aryl methyl sites for hydroxylation is 1. The van der Waals surface area contributed by atoms with Crippen molar-refractivity contribution in [1.82, 2.24) is 15.5 Å². The smallest absolute Gasteiger partial charge is 0.253 e. The molecule has 0 radical (unpaired) electrons. The van der Waals surface area contributed by atoms with Gasteiger partial charge in [0.2, 0.25) is 11.8 Å². The Morgan fingerprint density at radius 2 is 1.65 bits per heavy atom. The highest BCUT2D eigenvalue weighted by molar-refractivity contribution is 6.33. The van der Waals surface area contributed by atoms with Crippen molar-refractivity contribution in [3.8, 4) is 0 Å². The standard InChI is InChI=1S/C27H34ClN3O3/c1-3-19(2)29-27(34)25(30-26(33)22-11-7-8-12-23(22)28)21-15-17-31(18-16-21)24(32)14-13-20-9-5-4-6-10-20/h4-12,19,21,25H,3,13-18H2,1-2H3,(H,29,34)(H,30,33)/t19-,25+/m1/s1. The molecule has 1 aliphatic rings. The van der Waals surface area contributed by atoms with Crippen LogP contribution in [0.5, 0.6) is 0 Å². The highest BCUT2D eigenvalue weighted by atomic mass is 35.5. The van der Waals surface area contributed by atoms with Crippen LogP contribution in [-0.4, -0.2) is 47.8 Å². The van der Waals surface area contributed by atoms with E-state index in [4.69, 9.17) is 11.6 Å². The molecule has 2 aromatic carbocycles. The Bertz CT molecular complexity index is 974. The number of hydrogen-bond donors (Lipinski definition) is 2. The maximum Gasteiger partial charge on any atom is 0.253 e. The summed E-state index contributed by atoms with van der Waals surface area (Å²) in [6.45, 7) is 5.10. The zero-order valence-electron chi connectivity index (χ0n) is 19.9. The van der Waals surface area contributed by atoms with E-state index in [-0.39, 0.29) is 29.7 Å². The molecule has 34 heavy (non-hydrogen) atoms. The molecule has 0 aromatic heterocycles. The number of halogens is 1. The number of piperidine rings is 1. The van der Waals surface area contributed by atoms with Gasteiger partial charge in [-0.25, -0.2) is 0 Å². The molecule has 2 atom stereocenters. The maximum absolute atomic E-state index is 13.1. The van der Waals surface area contributed by atoms with Crippen molar-refractivity contribution >= 4 is 29.3 Å². The molecule has 1 fully saturated rings. The fourth-order valence-corrected chi connectivity index (χ4v) is 4.45. The molecule has 0 saturated carbocycles. The maximum atomic E-state index is 13.1. The molecule has 7 heteroatoms. The summed E-state index contributed by atoms with van der Waals surface area (Å²) in [5, 5.41) is 6.28. The van der Waals surface area contributed by atoms with Gasteiger partial charge in [0.05, 0.1) is 10.6 Å². The van der Waals surface area contributed by atoms with Crippen LogP contribution in [0.1, 0.15) is 55.5 Å². The van der Waals surface area contributed by atoms with Gasteiger partial charge in [-0.15, -0.1) is 0 Å². The number of amides is 3. The minimum Gasteiger partial charge on any atom is -0.352 e. The van der Waals surface area contributed by atoms with Gasteiger partial charge in [-0.3, -0.25) is 14.4 Å². The Morgan fingerprint density at radius 3 is 2.29 bits per heavy atom. The van der Waals surface area contributed by atoms with Crippen LogP contribution in [0.4, 0.5) is 0 Å². The highest BCUT2D eigenvalue weighted by Gasteiger charge is 2.34. The summed E-state index contributed by atoms with van der Waals surface area (Å²) in [7, 11) is 0. The lowest BCUT2D eigenvalue weighted by Gasteiger charge is -2.36. The van der Waals surface area contributed by atoms with Gasteiger partial charge < -0.3 is 15.5 Å². The van der Waals surface area contributed by atoms with Crippen LogP contribution >= 0.6 is 11.6 Å². The Hall–Kier alpha value is -2.86. The van der Waals surface area contributed by atoms with Gasteiger partial charge in [0.25, 0.3) is 5.91 Å². The van der Waals surface area contributed by atoms with Crippen LogP contribution < -0.4 is 10.6 Å². The van der Waals surface area contributed by atoms with Crippen LogP contribution in [0.3, 0.4) is 0 Å². The van der Waals surface area contributed by atoms with Crippen LogP contribution in [0, 0.1) is 5.92 Å². The van der Waals surface area contributed by atoms with E-state index in [0.717, 1.165) is 12.0 Å². The minimum absolute atomic E-state index is 0.00636. The highest BCUT2D eigenvalue weighted by Crippen LogP contribution is 2.23. The predicted molar refractivity (Wildman–Crippen MR) is 135 cm³/mol. The summed E-state index contributed by atoms with van der Waals surface area (Å²) in [5.41, 5.74) is 1.49. The second kappa shape index (κ2) is 12.6. The van der Waals surface area contributed by atoms with Crippen molar-refractivity contribution in [2.45, 2.75) is 58.0 Å². The van der Waals surface area contributed by atoms with Crippen molar-refractivity contribution in [2.24, 2.45) is 5.92 Å². The van der Waals surface area contributed by atoms with Gasteiger partial charge in [0.1, 0.15) is 6.04 Å². The lowest BCUT2D eigenvalue weighted by atomic mass is 9.88. The third-order valence-electron chi connectivity index (χ3n) is 6.52. The first-order valence-corrected chi connectivity index (χ1v) is 12.4. The average molecular weight is 484 g/mol. The van der Waals surface area contributed by atoms with Gasteiger partial charge in [-0.2, -0.15) is 0 Å². The van der Waals surface area contributed by atoms with Crippen LogP contribution in [0.15, 0.2) is 54.6 Å². The lowest BCUT2D eigenvalue weighted by Crippen LogP contribution is -2.55. The van der Waals surface area contributed by atoms with E-state index in [2.05, 4.69) is 10.6 Å². The third-order valence-corrected chi connectivity index (χ3v) is 6.85. The zero-order valence-corrected chi connectivity index (χ0v) is 20.7. The average Bonchev–Trinajstić information content (AvgIpc) is 2.86. The number of rotatable bonds is 9. The fraction of sp³-hybridized carbons (Fsp3) is 0.444. The molecule has 0 unspecified atom stereocenters. The summed E-state index contributed by atoms with van der Waals surface area (Å²) in [5.74, 6) is -0.489. The Kier molecular flexibility index (Phi) is 9.52. The van der Waals surface area contributed by atoms with E-state index in [0.29, 0.717) is 49.4 Å². The molecule has 0 aliphatic carbocycles. The molecule has 2 aromatic rings. The second-order valence-electron chi connectivity index (χ2n) is 8.95. The second-order valence-corrected chi connectivity index (χ2v) is 9.36. The normalized spacial score (nSPS) is 15.9. The molecule has 0 bridgehead atoms. The summed E-state index contributed by atoms with van der Waals surface area (Å²) >= 11 is 6.20. The molecule has 1 aliphatic heterocycles. The van der Waals surface area contributed by atoms with Gasteiger partial charge >= 0.3 is 0 Å². The quantitative estimate of drug-likeness (QED) is 0.560. The molecule has 6 nitrogen and oxygen atoms in total. The van der Waals surface area contributed by atoms with E-state index < -0.39 is 6.04 Å². The molecule has 2 N–H and O–H groups in total. The van der Waals surface area contributed by atoms with Gasteiger partial charge in [0.15, 0.2) is 0 Å². The van der Waals surface area contributed by atoms with Crippen LogP contribution in [0.25, 0.3) is 0 Å². The number of benzene rings is 2. The minimum atomic E-state index is -0.681. The lowest BCUT2D eigenvalue weighted by molar-refractivity contribution is -0.133.